The van der Waals surface area contributed by atoms with Gasteiger partial charge in [-0.1, -0.05) is 35.4 Å². The third kappa shape index (κ3) is 2.98. The highest BCUT2D eigenvalue weighted by atomic mass is 16.4. The van der Waals surface area contributed by atoms with Crippen LogP contribution in [-0.2, 0) is 11.2 Å². The molecular weight excluding hydrogens is 208 g/mol. The first kappa shape index (κ1) is 12.0. The number of aliphatic carboxylic acids is 1. The highest BCUT2D eigenvalue weighted by Gasteiger charge is 2.33. The Bertz CT molecular complexity index is 414. The zero-order chi connectivity index (χ0) is 12.0. The van der Waals surface area contributed by atoms with E-state index in [9.17, 15) is 4.79 Å². The van der Waals surface area contributed by atoms with Crippen molar-refractivity contribution in [2.45, 2.75) is 12.0 Å². The fraction of sp³-hybridized carbons (Fsp3) is 0.300. The maximum atomic E-state index is 11.0. The molecule has 6 heteroatoms. The van der Waals surface area contributed by atoms with Crippen molar-refractivity contribution in [3.63, 3.8) is 0 Å². The van der Waals surface area contributed by atoms with Crippen LogP contribution in [0.15, 0.2) is 35.4 Å². The van der Waals surface area contributed by atoms with Crippen molar-refractivity contribution in [2.24, 2.45) is 10.8 Å². The van der Waals surface area contributed by atoms with Gasteiger partial charge in [0.25, 0.3) is 0 Å². The molecule has 0 heterocycles. The van der Waals surface area contributed by atoms with Gasteiger partial charge in [-0.25, -0.2) is 0 Å². The van der Waals surface area contributed by atoms with Gasteiger partial charge in [-0.15, -0.1) is 0 Å². The van der Waals surface area contributed by atoms with E-state index in [0.29, 0.717) is 0 Å². The summed E-state index contributed by atoms with van der Waals surface area (Å²) in [5.74, 6) is -1.18. The lowest BCUT2D eigenvalue weighted by atomic mass is 9.92. The summed E-state index contributed by atoms with van der Waals surface area (Å²) in [4.78, 5) is 13.5. The molecular formula is C10H12N4O2. The minimum absolute atomic E-state index is 0.127. The minimum atomic E-state index is -1.55. The second-order valence-electron chi connectivity index (χ2n) is 3.51. The van der Waals surface area contributed by atoms with Gasteiger partial charge in [0.2, 0.25) is 0 Å². The van der Waals surface area contributed by atoms with Gasteiger partial charge in [-0.05, 0) is 11.1 Å². The molecule has 0 amide bonds. The van der Waals surface area contributed by atoms with Crippen LogP contribution >= 0.6 is 0 Å². The number of carboxylic acid groups (broad SMARTS) is 1. The number of nitrogens with two attached hydrogens (primary N) is 1. The molecule has 1 aromatic carbocycles. The Morgan fingerprint density at radius 3 is 2.62 bits per heavy atom. The van der Waals surface area contributed by atoms with Crippen LogP contribution in [0, 0.1) is 0 Å². The molecule has 0 saturated carbocycles. The van der Waals surface area contributed by atoms with E-state index in [1.807, 2.05) is 6.07 Å². The van der Waals surface area contributed by atoms with Crippen LogP contribution in [0.5, 0.6) is 0 Å². The number of azide groups is 1. The normalized spacial score (nSPS) is 13.6. The molecule has 6 nitrogen and oxygen atoms in total. The number of benzene rings is 1. The summed E-state index contributed by atoms with van der Waals surface area (Å²) in [6.07, 6.45) is 0.127. The summed E-state index contributed by atoms with van der Waals surface area (Å²) in [5, 5.41) is 12.2. The third-order valence-electron chi connectivity index (χ3n) is 2.20. The third-order valence-corrected chi connectivity index (χ3v) is 2.20. The molecule has 1 rings (SSSR count). The van der Waals surface area contributed by atoms with Crippen molar-refractivity contribution >= 4 is 5.97 Å². The largest absolute Gasteiger partial charge is 0.480 e. The van der Waals surface area contributed by atoms with Crippen LogP contribution in [0.4, 0.5) is 0 Å². The van der Waals surface area contributed by atoms with E-state index >= 15 is 0 Å². The Morgan fingerprint density at radius 1 is 1.50 bits per heavy atom. The van der Waals surface area contributed by atoms with Crippen LogP contribution in [0.2, 0.25) is 0 Å². The summed E-state index contributed by atoms with van der Waals surface area (Å²) >= 11 is 0. The molecule has 16 heavy (non-hydrogen) atoms. The molecule has 0 aromatic heterocycles. The number of rotatable bonds is 5. The second-order valence-corrected chi connectivity index (χ2v) is 3.51. The first-order valence-corrected chi connectivity index (χ1v) is 4.65. The van der Waals surface area contributed by atoms with Crippen LogP contribution in [-0.4, -0.2) is 23.2 Å². The fourth-order valence-corrected chi connectivity index (χ4v) is 1.32. The molecule has 84 valence electrons. The summed E-state index contributed by atoms with van der Waals surface area (Å²) < 4.78 is 0. The quantitative estimate of drug-likeness (QED) is 0.443. The Kier molecular flexibility index (Phi) is 3.88. The molecule has 1 atom stereocenters. The van der Waals surface area contributed by atoms with E-state index in [4.69, 9.17) is 16.4 Å². The summed E-state index contributed by atoms with van der Waals surface area (Å²) in [7, 11) is 0. The number of nitrogens with zero attached hydrogens (tertiary/aromatic N) is 3. The molecule has 0 aliphatic carbocycles. The van der Waals surface area contributed by atoms with Crippen LogP contribution < -0.4 is 5.73 Å². The lowest BCUT2D eigenvalue weighted by molar-refractivity contribution is -0.142. The SMILES string of the molecule is [N-]=[N+]=NC[C@@](N)(Cc1ccccc1)C(=O)O. The molecule has 0 aliphatic heterocycles. The number of hydrogen-bond acceptors (Lipinski definition) is 3. The Morgan fingerprint density at radius 2 is 2.12 bits per heavy atom. The van der Waals surface area contributed by atoms with Gasteiger partial charge in [-0.2, -0.15) is 0 Å². The maximum absolute atomic E-state index is 11.0. The van der Waals surface area contributed by atoms with E-state index in [-0.39, 0.29) is 13.0 Å². The predicted octanol–water partition coefficient (Wildman–Crippen LogP) is 1.32. The molecule has 0 bridgehead atoms. The molecule has 0 spiro atoms. The summed E-state index contributed by atoms with van der Waals surface area (Å²) in [5.41, 5.74) is 13.1. The van der Waals surface area contributed by atoms with E-state index in [1.54, 1.807) is 24.3 Å². The highest BCUT2D eigenvalue weighted by molar-refractivity contribution is 5.79. The lowest BCUT2D eigenvalue weighted by Crippen LogP contribution is -2.52. The Hall–Kier alpha value is -2.04. The molecule has 0 unspecified atom stereocenters. The van der Waals surface area contributed by atoms with Gasteiger partial charge in [0.15, 0.2) is 0 Å². The van der Waals surface area contributed by atoms with Crippen molar-refractivity contribution in [1.82, 2.24) is 0 Å². The summed E-state index contributed by atoms with van der Waals surface area (Å²) in [6, 6.07) is 8.98. The molecule has 0 aliphatic rings. The Labute approximate surface area is 92.3 Å². The van der Waals surface area contributed by atoms with Crippen molar-refractivity contribution in [2.75, 3.05) is 6.54 Å². The monoisotopic (exact) mass is 220 g/mol. The molecule has 0 radical (unpaired) electrons. The first-order valence-electron chi connectivity index (χ1n) is 4.65. The molecule has 3 N–H and O–H groups in total. The topological polar surface area (TPSA) is 112 Å². The average molecular weight is 220 g/mol. The van der Waals surface area contributed by atoms with E-state index in [1.165, 1.54) is 0 Å². The highest BCUT2D eigenvalue weighted by Crippen LogP contribution is 2.12. The van der Waals surface area contributed by atoms with Gasteiger partial charge < -0.3 is 10.8 Å². The number of carboxylic acids is 1. The smallest absolute Gasteiger partial charge is 0.324 e. The lowest BCUT2D eigenvalue weighted by Gasteiger charge is -2.22. The van der Waals surface area contributed by atoms with Gasteiger partial charge in [0.05, 0.1) is 6.54 Å². The van der Waals surface area contributed by atoms with E-state index in [2.05, 4.69) is 10.0 Å². The van der Waals surface area contributed by atoms with Crippen LogP contribution in [0.3, 0.4) is 0 Å². The maximum Gasteiger partial charge on any atom is 0.324 e. The van der Waals surface area contributed by atoms with E-state index in [0.717, 1.165) is 5.56 Å². The zero-order valence-corrected chi connectivity index (χ0v) is 8.58. The fourth-order valence-electron chi connectivity index (χ4n) is 1.32. The van der Waals surface area contributed by atoms with Crippen LogP contribution in [0.1, 0.15) is 5.56 Å². The van der Waals surface area contributed by atoms with E-state index < -0.39 is 11.5 Å². The molecule has 1 aromatic rings. The minimum Gasteiger partial charge on any atom is -0.480 e. The van der Waals surface area contributed by atoms with Crippen molar-refractivity contribution in [1.29, 1.82) is 0 Å². The summed E-state index contributed by atoms with van der Waals surface area (Å²) in [6.45, 7) is -0.270. The number of carbonyl (C=O) groups is 1. The van der Waals surface area contributed by atoms with Gasteiger partial charge >= 0.3 is 5.97 Å². The number of hydrogen-bond donors (Lipinski definition) is 2. The average Bonchev–Trinajstić information content (AvgIpc) is 2.27. The second kappa shape index (κ2) is 5.16. The predicted molar refractivity (Wildman–Crippen MR) is 58.7 cm³/mol. The van der Waals surface area contributed by atoms with Crippen molar-refractivity contribution < 1.29 is 9.90 Å². The van der Waals surface area contributed by atoms with Gasteiger partial charge in [0, 0.05) is 11.3 Å². The van der Waals surface area contributed by atoms with Gasteiger partial charge in [0.1, 0.15) is 5.54 Å². The van der Waals surface area contributed by atoms with Crippen molar-refractivity contribution in [3.8, 4) is 0 Å². The standard InChI is InChI=1S/C10H12N4O2/c11-10(9(15)16,7-13-14-12)6-8-4-2-1-3-5-8/h1-5H,6-7,11H2,(H,15,16)/t10-/m0/s1. The van der Waals surface area contributed by atoms with Crippen LogP contribution in [0.25, 0.3) is 10.4 Å². The van der Waals surface area contributed by atoms with Crippen molar-refractivity contribution in [3.05, 3.63) is 46.3 Å². The molecule has 0 fully saturated rings. The van der Waals surface area contributed by atoms with Gasteiger partial charge in [-0.3, -0.25) is 4.79 Å². The first-order chi connectivity index (χ1) is 7.58. The molecule has 0 saturated heterocycles. The zero-order valence-electron chi connectivity index (χ0n) is 8.58. The Balaban J connectivity index is 2.87.